The van der Waals surface area contributed by atoms with Crippen LogP contribution in [0.1, 0.15) is 12.3 Å². The van der Waals surface area contributed by atoms with Crippen LogP contribution in [-0.4, -0.2) is 42.3 Å². The van der Waals surface area contributed by atoms with Crippen molar-refractivity contribution in [2.45, 2.75) is 18.6 Å². The number of nitrogens with zero attached hydrogens (tertiary/aromatic N) is 2. The van der Waals surface area contributed by atoms with Gasteiger partial charge in [0.25, 0.3) is 5.22 Å². The molecule has 5 nitrogen and oxygen atoms in total. The van der Waals surface area contributed by atoms with Gasteiger partial charge in [-0.2, -0.15) is 0 Å². The molecule has 16 heavy (non-hydrogen) atoms. The van der Waals surface area contributed by atoms with Crippen LogP contribution in [-0.2, 0) is 4.74 Å². The highest BCUT2D eigenvalue weighted by molar-refractivity contribution is 7.99. The summed E-state index contributed by atoms with van der Waals surface area (Å²) >= 11 is 1.59. The van der Waals surface area contributed by atoms with Gasteiger partial charge in [0.05, 0.1) is 6.61 Å². The summed E-state index contributed by atoms with van der Waals surface area (Å²) in [6, 6.07) is 0. The summed E-state index contributed by atoms with van der Waals surface area (Å²) in [5.74, 6) is 2.27. The number of thioether (sulfide) groups is 1. The maximum Gasteiger partial charge on any atom is 0.276 e. The fraction of sp³-hybridized carbons (Fsp3) is 0.800. The summed E-state index contributed by atoms with van der Waals surface area (Å²) in [4.78, 5) is 0. The highest BCUT2D eigenvalue weighted by Gasteiger charge is 2.14. The topological polar surface area (TPSA) is 60.2 Å². The van der Waals surface area contributed by atoms with E-state index in [4.69, 9.17) is 9.15 Å². The Kier molecular flexibility index (Phi) is 4.62. The minimum absolute atomic E-state index is 0.624. The van der Waals surface area contributed by atoms with E-state index in [-0.39, 0.29) is 0 Å². The molecule has 1 atom stereocenters. The third kappa shape index (κ3) is 3.77. The molecule has 1 aliphatic rings. The van der Waals surface area contributed by atoms with Crippen molar-refractivity contribution in [2.24, 2.45) is 5.92 Å². The van der Waals surface area contributed by atoms with Gasteiger partial charge in [0.2, 0.25) is 5.89 Å². The second-order valence-corrected chi connectivity index (χ2v) is 4.92. The zero-order valence-electron chi connectivity index (χ0n) is 9.44. The van der Waals surface area contributed by atoms with Gasteiger partial charge in [-0.3, -0.25) is 0 Å². The molecule has 1 saturated heterocycles. The van der Waals surface area contributed by atoms with E-state index < -0.39 is 0 Å². The fourth-order valence-electron chi connectivity index (χ4n) is 1.60. The van der Waals surface area contributed by atoms with Gasteiger partial charge in [-0.25, -0.2) is 0 Å². The van der Waals surface area contributed by atoms with E-state index in [2.05, 4.69) is 15.5 Å². The maximum absolute atomic E-state index is 5.31. The van der Waals surface area contributed by atoms with Crippen LogP contribution in [0.3, 0.4) is 0 Å². The van der Waals surface area contributed by atoms with Crippen molar-refractivity contribution < 1.29 is 9.15 Å². The SMILES string of the molecule is Cc1nnc(SCCNCC2CCOC2)o1. The van der Waals surface area contributed by atoms with Gasteiger partial charge >= 0.3 is 0 Å². The van der Waals surface area contributed by atoms with Gasteiger partial charge in [0.1, 0.15) is 0 Å². The van der Waals surface area contributed by atoms with Crippen molar-refractivity contribution in [3.63, 3.8) is 0 Å². The van der Waals surface area contributed by atoms with Crippen LogP contribution in [0.4, 0.5) is 0 Å². The van der Waals surface area contributed by atoms with Crippen LogP contribution in [0.15, 0.2) is 9.64 Å². The minimum Gasteiger partial charge on any atom is -0.416 e. The lowest BCUT2D eigenvalue weighted by molar-refractivity contribution is 0.185. The summed E-state index contributed by atoms with van der Waals surface area (Å²) in [7, 11) is 0. The highest BCUT2D eigenvalue weighted by Crippen LogP contribution is 2.15. The van der Waals surface area contributed by atoms with Gasteiger partial charge in [0.15, 0.2) is 0 Å². The van der Waals surface area contributed by atoms with E-state index in [0.29, 0.717) is 17.0 Å². The minimum atomic E-state index is 0.624. The second-order valence-electron chi connectivity index (χ2n) is 3.87. The molecule has 6 heteroatoms. The van der Waals surface area contributed by atoms with Gasteiger partial charge in [-0.05, 0) is 12.3 Å². The fourth-order valence-corrected chi connectivity index (χ4v) is 2.30. The molecule has 1 fully saturated rings. The predicted octanol–water partition coefficient (Wildman–Crippen LogP) is 1.10. The van der Waals surface area contributed by atoms with Crippen LogP contribution in [0.25, 0.3) is 0 Å². The van der Waals surface area contributed by atoms with Crippen LogP contribution in [0.2, 0.25) is 0 Å². The predicted molar refractivity (Wildman–Crippen MR) is 61.6 cm³/mol. The molecule has 0 spiro atoms. The van der Waals surface area contributed by atoms with Crippen molar-refractivity contribution in [2.75, 3.05) is 32.1 Å². The quantitative estimate of drug-likeness (QED) is 0.596. The summed E-state index contributed by atoms with van der Waals surface area (Å²) in [5.41, 5.74) is 0. The summed E-state index contributed by atoms with van der Waals surface area (Å²) < 4.78 is 10.6. The number of ether oxygens (including phenoxy) is 1. The van der Waals surface area contributed by atoms with E-state index in [1.54, 1.807) is 18.7 Å². The number of aromatic nitrogens is 2. The molecule has 1 aromatic heterocycles. The maximum atomic E-state index is 5.31. The zero-order chi connectivity index (χ0) is 11.2. The molecule has 1 aliphatic heterocycles. The number of nitrogens with one attached hydrogen (secondary N) is 1. The molecule has 0 bridgehead atoms. The Labute approximate surface area is 99.3 Å². The number of rotatable bonds is 6. The summed E-state index contributed by atoms with van der Waals surface area (Å²) in [5, 5.41) is 11.8. The first-order chi connectivity index (χ1) is 7.84. The van der Waals surface area contributed by atoms with Gasteiger partial charge in [-0.1, -0.05) is 11.8 Å². The van der Waals surface area contributed by atoms with E-state index in [1.165, 1.54) is 6.42 Å². The van der Waals surface area contributed by atoms with Crippen molar-refractivity contribution in [3.05, 3.63) is 5.89 Å². The molecular weight excluding hydrogens is 226 g/mol. The molecule has 1 N–H and O–H groups in total. The Hall–Kier alpha value is -0.590. The van der Waals surface area contributed by atoms with Crippen LogP contribution < -0.4 is 5.32 Å². The first kappa shape index (κ1) is 11.9. The Morgan fingerprint density at radius 1 is 1.50 bits per heavy atom. The highest BCUT2D eigenvalue weighted by atomic mass is 32.2. The third-order valence-corrected chi connectivity index (χ3v) is 3.29. The van der Waals surface area contributed by atoms with E-state index in [0.717, 1.165) is 32.1 Å². The normalized spacial score (nSPS) is 20.4. The first-order valence-electron chi connectivity index (χ1n) is 5.56. The molecule has 0 saturated carbocycles. The van der Waals surface area contributed by atoms with E-state index in [1.807, 2.05) is 0 Å². The van der Waals surface area contributed by atoms with Gasteiger partial charge < -0.3 is 14.5 Å². The van der Waals surface area contributed by atoms with Crippen molar-refractivity contribution in [3.8, 4) is 0 Å². The molecule has 2 heterocycles. The number of hydrogen-bond acceptors (Lipinski definition) is 6. The Morgan fingerprint density at radius 2 is 2.44 bits per heavy atom. The second kappa shape index (κ2) is 6.22. The average Bonchev–Trinajstić information content (AvgIpc) is 2.89. The van der Waals surface area contributed by atoms with E-state index in [9.17, 15) is 0 Å². The lowest BCUT2D eigenvalue weighted by Gasteiger charge is -2.07. The smallest absolute Gasteiger partial charge is 0.276 e. The third-order valence-electron chi connectivity index (χ3n) is 2.47. The molecule has 90 valence electrons. The Morgan fingerprint density at radius 3 is 3.12 bits per heavy atom. The van der Waals surface area contributed by atoms with Crippen LogP contribution in [0, 0.1) is 12.8 Å². The zero-order valence-corrected chi connectivity index (χ0v) is 10.3. The van der Waals surface area contributed by atoms with Crippen molar-refractivity contribution >= 4 is 11.8 Å². The lowest BCUT2D eigenvalue weighted by Crippen LogP contribution is -2.25. The van der Waals surface area contributed by atoms with Crippen LogP contribution >= 0.6 is 11.8 Å². The molecule has 1 aromatic rings. The molecule has 0 amide bonds. The number of hydrogen-bond donors (Lipinski definition) is 1. The van der Waals surface area contributed by atoms with Gasteiger partial charge in [-0.15, -0.1) is 10.2 Å². The van der Waals surface area contributed by atoms with E-state index >= 15 is 0 Å². The summed E-state index contributed by atoms with van der Waals surface area (Å²) in [6.45, 7) is 5.63. The largest absolute Gasteiger partial charge is 0.416 e. The van der Waals surface area contributed by atoms with Gasteiger partial charge in [0, 0.05) is 32.4 Å². The molecule has 0 radical (unpaired) electrons. The van der Waals surface area contributed by atoms with Crippen molar-refractivity contribution in [1.82, 2.24) is 15.5 Å². The Bertz CT molecular complexity index is 313. The van der Waals surface area contributed by atoms with Crippen LogP contribution in [0.5, 0.6) is 0 Å². The number of aryl methyl sites for hydroxylation is 1. The first-order valence-corrected chi connectivity index (χ1v) is 6.54. The Balaban J connectivity index is 1.51. The average molecular weight is 243 g/mol. The standard InChI is InChI=1S/C10H17N3O2S/c1-8-12-13-10(15-8)16-5-3-11-6-9-2-4-14-7-9/h9,11H,2-7H2,1H3. The molecular formula is C10H17N3O2S. The summed E-state index contributed by atoms with van der Waals surface area (Å²) in [6.07, 6.45) is 1.18. The molecule has 0 aromatic carbocycles. The molecule has 1 unspecified atom stereocenters. The molecule has 0 aliphatic carbocycles. The van der Waals surface area contributed by atoms with Crippen molar-refractivity contribution in [1.29, 1.82) is 0 Å². The molecule has 2 rings (SSSR count). The monoisotopic (exact) mass is 243 g/mol. The lowest BCUT2D eigenvalue weighted by atomic mass is 10.1.